The molecule has 0 saturated carbocycles. The molecule has 2 atom stereocenters. The molecule has 1 aliphatic heterocycles. The molecular weight excluding hydrogens is 228 g/mol. The molecule has 1 saturated heterocycles. The van der Waals surface area contributed by atoms with Gasteiger partial charge in [-0.05, 0) is 18.6 Å². The summed E-state index contributed by atoms with van der Waals surface area (Å²) in [4.78, 5) is 0. The summed E-state index contributed by atoms with van der Waals surface area (Å²) in [6.07, 6.45) is 2.95. The fourth-order valence-electron chi connectivity index (χ4n) is 2.28. The van der Waals surface area contributed by atoms with Crippen LogP contribution in [0.4, 0.5) is 0 Å². The van der Waals surface area contributed by atoms with E-state index in [1.54, 1.807) is 0 Å². The van der Waals surface area contributed by atoms with Crippen LogP contribution in [0, 0.1) is 0 Å². The first kappa shape index (κ1) is 13.4. The second-order valence-electron chi connectivity index (χ2n) is 4.69. The Morgan fingerprint density at radius 2 is 2.06 bits per heavy atom. The Morgan fingerprint density at radius 1 is 1.28 bits per heavy atom. The number of para-hydroxylation sites is 1. The number of benzene rings is 1. The van der Waals surface area contributed by atoms with Gasteiger partial charge in [0.15, 0.2) is 5.79 Å². The molecule has 1 fully saturated rings. The third-order valence-corrected chi connectivity index (χ3v) is 3.26. The summed E-state index contributed by atoms with van der Waals surface area (Å²) in [6.45, 7) is 5.43. The molecule has 0 spiro atoms. The Labute approximate surface area is 109 Å². The summed E-state index contributed by atoms with van der Waals surface area (Å²) in [5.41, 5.74) is 0. The minimum absolute atomic E-state index is 0.0386. The van der Waals surface area contributed by atoms with Crippen LogP contribution in [-0.4, -0.2) is 25.1 Å². The molecule has 1 aromatic carbocycles. The minimum Gasteiger partial charge on any atom is -0.491 e. The first-order valence-electron chi connectivity index (χ1n) is 6.77. The fraction of sp³-hybridized carbons (Fsp3) is 0.600. The lowest BCUT2D eigenvalue weighted by atomic mass is 10.1. The van der Waals surface area contributed by atoms with Gasteiger partial charge in [0.2, 0.25) is 0 Å². The Hall–Kier alpha value is -1.06. The molecule has 100 valence electrons. The number of rotatable bonds is 6. The zero-order valence-electron chi connectivity index (χ0n) is 11.2. The maximum Gasteiger partial charge on any atom is 0.168 e. The topological polar surface area (TPSA) is 27.7 Å². The fourth-order valence-corrected chi connectivity index (χ4v) is 2.28. The van der Waals surface area contributed by atoms with E-state index < -0.39 is 0 Å². The maximum atomic E-state index is 6.01. The predicted molar refractivity (Wildman–Crippen MR) is 70.7 cm³/mol. The normalized spacial score (nSPS) is 27.3. The van der Waals surface area contributed by atoms with Gasteiger partial charge in [-0.3, -0.25) is 0 Å². The number of ether oxygens (including phenoxy) is 3. The van der Waals surface area contributed by atoms with E-state index in [4.69, 9.17) is 14.2 Å². The summed E-state index contributed by atoms with van der Waals surface area (Å²) in [6, 6.07) is 9.82. The van der Waals surface area contributed by atoms with Gasteiger partial charge in [0, 0.05) is 6.42 Å². The molecule has 0 radical (unpaired) electrons. The second-order valence-corrected chi connectivity index (χ2v) is 4.69. The molecule has 18 heavy (non-hydrogen) atoms. The Balaban J connectivity index is 1.82. The van der Waals surface area contributed by atoms with Crippen LogP contribution in [0.25, 0.3) is 0 Å². The highest BCUT2D eigenvalue weighted by Gasteiger charge is 2.39. The van der Waals surface area contributed by atoms with Crippen molar-refractivity contribution in [3.8, 4) is 5.75 Å². The highest BCUT2D eigenvalue weighted by atomic mass is 16.7. The predicted octanol–water partition coefficient (Wildman–Crippen LogP) is 3.39. The molecule has 3 heteroatoms. The van der Waals surface area contributed by atoms with Crippen molar-refractivity contribution in [3.63, 3.8) is 0 Å². The van der Waals surface area contributed by atoms with E-state index in [1.807, 2.05) is 30.3 Å². The average molecular weight is 250 g/mol. The van der Waals surface area contributed by atoms with Crippen LogP contribution >= 0.6 is 0 Å². The first-order chi connectivity index (χ1) is 8.78. The molecule has 0 bridgehead atoms. The zero-order chi connectivity index (χ0) is 12.8. The van der Waals surface area contributed by atoms with Gasteiger partial charge < -0.3 is 14.2 Å². The van der Waals surface area contributed by atoms with Crippen molar-refractivity contribution in [2.24, 2.45) is 0 Å². The van der Waals surface area contributed by atoms with E-state index in [2.05, 4.69) is 13.8 Å². The van der Waals surface area contributed by atoms with Crippen molar-refractivity contribution >= 4 is 0 Å². The van der Waals surface area contributed by atoms with E-state index in [0.29, 0.717) is 13.2 Å². The van der Waals surface area contributed by atoms with Crippen LogP contribution in [0.15, 0.2) is 30.3 Å². The lowest BCUT2D eigenvalue weighted by Crippen LogP contribution is -2.31. The van der Waals surface area contributed by atoms with Crippen LogP contribution in [0.1, 0.15) is 33.1 Å². The van der Waals surface area contributed by atoms with Crippen molar-refractivity contribution in [2.45, 2.75) is 45.0 Å². The Bertz CT molecular complexity index is 352. The van der Waals surface area contributed by atoms with Gasteiger partial charge in [0.05, 0.1) is 6.61 Å². The Morgan fingerprint density at radius 3 is 2.72 bits per heavy atom. The lowest BCUT2D eigenvalue weighted by Gasteiger charge is -2.26. The smallest absolute Gasteiger partial charge is 0.168 e. The summed E-state index contributed by atoms with van der Waals surface area (Å²) in [7, 11) is 0. The first-order valence-corrected chi connectivity index (χ1v) is 6.77. The molecular formula is C15H22O3. The van der Waals surface area contributed by atoms with E-state index in [1.165, 1.54) is 0 Å². The van der Waals surface area contributed by atoms with E-state index in [0.717, 1.165) is 25.0 Å². The molecule has 2 rings (SSSR count). The molecule has 3 nitrogen and oxygen atoms in total. The molecule has 1 aliphatic rings. The van der Waals surface area contributed by atoms with Gasteiger partial charge in [-0.2, -0.15) is 0 Å². The zero-order valence-corrected chi connectivity index (χ0v) is 11.2. The molecule has 0 amide bonds. The Kier molecular flexibility index (Phi) is 4.61. The van der Waals surface area contributed by atoms with Crippen molar-refractivity contribution in [1.82, 2.24) is 0 Å². The number of hydrogen-bond acceptors (Lipinski definition) is 3. The molecule has 0 aromatic heterocycles. The summed E-state index contributed by atoms with van der Waals surface area (Å²) < 4.78 is 17.5. The van der Waals surface area contributed by atoms with E-state index in [-0.39, 0.29) is 11.9 Å². The maximum absolute atomic E-state index is 6.01. The highest BCUT2D eigenvalue weighted by molar-refractivity contribution is 5.20. The van der Waals surface area contributed by atoms with Crippen molar-refractivity contribution in [3.05, 3.63) is 30.3 Å². The second kappa shape index (κ2) is 6.21. The van der Waals surface area contributed by atoms with Gasteiger partial charge in [-0.1, -0.05) is 38.5 Å². The monoisotopic (exact) mass is 250 g/mol. The highest BCUT2D eigenvalue weighted by Crippen LogP contribution is 2.31. The number of hydrogen-bond donors (Lipinski definition) is 0. The third-order valence-electron chi connectivity index (χ3n) is 3.26. The van der Waals surface area contributed by atoms with Crippen LogP contribution in [0.5, 0.6) is 5.75 Å². The summed E-state index contributed by atoms with van der Waals surface area (Å²) in [5, 5.41) is 0. The van der Waals surface area contributed by atoms with Crippen molar-refractivity contribution < 1.29 is 14.2 Å². The molecule has 0 N–H and O–H groups in total. The summed E-state index contributed by atoms with van der Waals surface area (Å²) >= 11 is 0. The van der Waals surface area contributed by atoms with Crippen molar-refractivity contribution in [1.29, 1.82) is 0 Å². The van der Waals surface area contributed by atoms with E-state index in [9.17, 15) is 0 Å². The van der Waals surface area contributed by atoms with Gasteiger partial charge >= 0.3 is 0 Å². The van der Waals surface area contributed by atoms with Crippen molar-refractivity contribution in [2.75, 3.05) is 13.2 Å². The van der Waals surface area contributed by atoms with E-state index >= 15 is 0 Å². The molecule has 1 aromatic rings. The molecule has 1 heterocycles. The van der Waals surface area contributed by atoms with Crippen LogP contribution in [0.3, 0.4) is 0 Å². The van der Waals surface area contributed by atoms with Gasteiger partial charge in [0.25, 0.3) is 0 Å². The van der Waals surface area contributed by atoms with Crippen LogP contribution in [0.2, 0.25) is 0 Å². The largest absolute Gasteiger partial charge is 0.491 e. The van der Waals surface area contributed by atoms with Gasteiger partial charge in [-0.25, -0.2) is 0 Å². The molecule has 0 aliphatic carbocycles. The third kappa shape index (κ3) is 3.24. The van der Waals surface area contributed by atoms with Gasteiger partial charge in [0.1, 0.15) is 18.5 Å². The minimum atomic E-state index is -0.376. The van der Waals surface area contributed by atoms with Gasteiger partial charge in [-0.15, -0.1) is 0 Å². The van der Waals surface area contributed by atoms with Crippen LogP contribution < -0.4 is 4.74 Å². The standard InChI is InChI=1S/C15H22O3/c1-3-10-15(4-2)17-12-14(18-15)11-16-13-8-6-5-7-9-13/h5-9,14H,3-4,10-12H2,1-2H3. The molecule has 2 unspecified atom stereocenters. The quantitative estimate of drug-likeness (QED) is 0.774. The average Bonchev–Trinajstić information content (AvgIpc) is 2.82. The van der Waals surface area contributed by atoms with Crippen LogP contribution in [-0.2, 0) is 9.47 Å². The summed E-state index contributed by atoms with van der Waals surface area (Å²) in [5.74, 6) is 0.505. The lowest BCUT2D eigenvalue weighted by molar-refractivity contribution is -0.177. The SMILES string of the molecule is CCCC1(CC)OCC(COc2ccccc2)O1.